The summed E-state index contributed by atoms with van der Waals surface area (Å²) in [5.74, 6) is 0.132. The van der Waals surface area contributed by atoms with Crippen molar-refractivity contribution in [3.63, 3.8) is 0 Å². The molecule has 2 aromatic heterocycles. The highest BCUT2D eigenvalue weighted by atomic mass is 16.2. The second-order valence-corrected chi connectivity index (χ2v) is 6.39. The van der Waals surface area contributed by atoms with Crippen LogP contribution in [0.3, 0.4) is 0 Å². The second-order valence-electron chi connectivity index (χ2n) is 6.39. The third-order valence-corrected chi connectivity index (χ3v) is 4.74. The maximum absolute atomic E-state index is 12.4. The van der Waals surface area contributed by atoms with Crippen LogP contribution in [0.25, 0.3) is 10.9 Å². The molecule has 6 nitrogen and oxygen atoms in total. The number of hydrogen-bond acceptors (Lipinski definition) is 4. The molecular weight excluding hydrogens is 314 g/mol. The van der Waals surface area contributed by atoms with Gasteiger partial charge in [-0.15, -0.1) is 0 Å². The Morgan fingerprint density at radius 3 is 2.76 bits per heavy atom. The van der Waals surface area contributed by atoms with Gasteiger partial charge in [-0.3, -0.25) is 19.7 Å². The summed E-state index contributed by atoms with van der Waals surface area (Å²) in [5.41, 5.74) is 3.22. The molecular formula is C19H21N5O. The molecule has 0 radical (unpaired) electrons. The Kier molecular flexibility index (Phi) is 4.43. The Morgan fingerprint density at radius 1 is 1.12 bits per heavy atom. The van der Waals surface area contributed by atoms with E-state index in [0.717, 1.165) is 38.4 Å². The van der Waals surface area contributed by atoms with Crippen molar-refractivity contribution in [2.75, 3.05) is 26.2 Å². The number of carbonyl (C=O) groups excluding carboxylic acids is 1. The van der Waals surface area contributed by atoms with Gasteiger partial charge in [0.2, 0.25) is 5.91 Å². The maximum atomic E-state index is 12.4. The van der Waals surface area contributed by atoms with Gasteiger partial charge in [-0.1, -0.05) is 18.2 Å². The number of aromatic amines is 1. The zero-order valence-corrected chi connectivity index (χ0v) is 14.1. The standard InChI is InChI=1S/C19H21N5O/c25-19(11-16-13-20-5-6-21-16)24-9-7-23(8-10-24)14-15-12-22-18-4-2-1-3-17(15)18/h1-6,12-13,22H,7-11,14H2. The van der Waals surface area contributed by atoms with Gasteiger partial charge < -0.3 is 9.88 Å². The minimum atomic E-state index is 0.132. The predicted octanol–water partition coefficient (Wildman–Crippen LogP) is 1.84. The molecule has 1 N–H and O–H groups in total. The van der Waals surface area contributed by atoms with E-state index in [9.17, 15) is 4.79 Å². The van der Waals surface area contributed by atoms with Crippen molar-refractivity contribution in [3.05, 3.63) is 60.3 Å². The van der Waals surface area contributed by atoms with Crippen LogP contribution in [0.4, 0.5) is 0 Å². The highest BCUT2D eigenvalue weighted by molar-refractivity contribution is 5.83. The topological polar surface area (TPSA) is 65.1 Å². The molecule has 128 valence electrons. The van der Waals surface area contributed by atoms with Gasteiger partial charge in [0.05, 0.1) is 12.1 Å². The summed E-state index contributed by atoms with van der Waals surface area (Å²) in [5, 5.41) is 1.28. The molecule has 6 heteroatoms. The van der Waals surface area contributed by atoms with Crippen LogP contribution in [0.1, 0.15) is 11.3 Å². The highest BCUT2D eigenvalue weighted by Crippen LogP contribution is 2.20. The van der Waals surface area contributed by atoms with Crippen molar-refractivity contribution in [2.24, 2.45) is 0 Å². The third-order valence-electron chi connectivity index (χ3n) is 4.74. The molecule has 0 spiro atoms. The van der Waals surface area contributed by atoms with Crippen LogP contribution >= 0.6 is 0 Å². The van der Waals surface area contributed by atoms with Crippen molar-refractivity contribution < 1.29 is 4.79 Å². The van der Waals surface area contributed by atoms with Gasteiger partial charge in [0.1, 0.15) is 0 Å². The predicted molar refractivity (Wildman–Crippen MR) is 95.9 cm³/mol. The summed E-state index contributed by atoms with van der Waals surface area (Å²) >= 11 is 0. The van der Waals surface area contributed by atoms with Gasteiger partial charge >= 0.3 is 0 Å². The molecule has 1 amide bonds. The van der Waals surface area contributed by atoms with Crippen molar-refractivity contribution in [1.82, 2.24) is 24.8 Å². The number of aromatic nitrogens is 3. The molecule has 4 rings (SSSR count). The molecule has 1 saturated heterocycles. The van der Waals surface area contributed by atoms with Crippen LogP contribution in [-0.4, -0.2) is 56.8 Å². The number of para-hydroxylation sites is 1. The molecule has 0 aliphatic carbocycles. The Hall–Kier alpha value is -2.73. The molecule has 0 saturated carbocycles. The van der Waals surface area contributed by atoms with E-state index >= 15 is 0 Å². The summed E-state index contributed by atoms with van der Waals surface area (Å²) in [4.78, 5) is 28.3. The van der Waals surface area contributed by atoms with E-state index < -0.39 is 0 Å². The van der Waals surface area contributed by atoms with E-state index in [1.165, 1.54) is 16.5 Å². The number of nitrogens with zero attached hydrogens (tertiary/aromatic N) is 4. The van der Waals surface area contributed by atoms with Crippen LogP contribution in [-0.2, 0) is 17.8 Å². The van der Waals surface area contributed by atoms with Crippen molar-refractivity contribution in [2.45, 2.75) is 13.0 Å². The van der Waals surface area contributed by atoms with E-state index in [-0.39, 0.29) is 5.91 Å². The number of hydrogen-bond donors (Lipinski definition) is 1. The molecule has 1 aliphatic heterocycles. The maximum Gasteiger partial charge on any atom is 0.228 e. The zero-order chi connectivity index (χ0) is 17.1. The van der Waals surface area contributed by atoms with Gasteiger partial charge in [-0.25, -0.2) is 0 Å². The van der Waals surface area contributed by atoms with Gasteiger partial charge in [-0.2, -0.15) is 0 Å². The van der Waals surface area contributed by atoms with Crippen LogP contribution in [0, 0.1) is 0 Å². The number of piperazine rings is 1. The largest absolute Gasteiger partial charge is 0.361 e. The smallest absolute Gasteiger partial charge is 0.228 e. The number of H-pyrrole nitrogens is 1. The van der Waals surface area contributed by atoms with Crippen molar-refractivity contribution >= 4 is 16.8 Å². The first kappa shape index (κ1) is 15.8. The van der Waals surface area contributed by atoms with E-state index in [1.807, 2.05) is 11.0 Å². The van der Waals surface area contributed by atoms with E-state index in [2.05, 4.69) is 44.2 Å². The van der Waals surface area contributed by atoms with Crippen molar-refractivity contribution in [3.8, 4) is 0 Å². The van der Waals surface area contributed by atoms with Gasteiger partial charge in [-0.05, 0) is 11.6 Å². The molecule has 1 fully saturated rings. The molecule has 25 heavy (non-hydrogen) atoms. The SMILES string of the molecule is O=C(Cc1cnccn1)N1CCN(Cc2c[nH]c3ccccc23)CC1. The van der Waals surface area contributed by atoms with Crippen molar-refractivity contribution in [1.29, 1.82) is 0 Å². The van der Waals surface area contributed by atoms with Gasteiger partial charge in [0.15, 0.2) is 0 Å². The summed E-state index contributed by atoms with van der Waals surface area (Å²) in [6, 6.07) is 8.37. The Morgan fingerprint density at radius 2 is 1.96 bits per heavy atom. The normalized spacial score (nSPS) is 15.6. The molecule has 3 heterocycles. The zero-order valence-electron chi connectivity index (χ0n) is 14.1. The third kappa shape index (κ3) is 3.53. The molecule has 0 bridgehead atoms. The summed E-state index contributed by atoms with van der Waals surface area (Å²) < 4.78 is 0. The summed E-state index contributed by atoms with van der Waals surface area (Å²) in [6.45, 7) is 4.23. The fraction of sp³-hybridized carbons (Fsp3) is 0.316. The van der Waals surface area contributed by atoms with E-state index in [4.69, 9.17) is 0 Å². The minimum Gasteiger partial charge on any atom is -0.361 e. The second kappa shape index (κ2) is 7.03. The number of rotatable bonds is 4. The van der Waals surface area contributed by atoms with E-state index in [1.54, 1.807) is 18.6 Å². The first-order chi connectivity index (χ1) is 12.3. The molecule has 3 aromatic rings. The number of nitrogens with one attached hydrogen (secondary N) is 1. The summed E-state index contributed by atoms with van der Waals surface area (Å²) in [6.07, 6.45) is 7.33. The lowest BCUT2D eigenvalue weighted by Crippen LogP contribution is -2.48. The number of fused-ring (bicyclic) bond motifs is 1. The van der Waals surface area contributed by atoms with Crippen LogP contribution in [0.2, 0.25) is 0 Å². The highest BCUT2D eigenvalue weighted by Gasteiger charge is 2.22. The summed E-state index contributed by atoms with van der Waals surface area (Å²) in [7, 11) is 0. The fourth-order valence-corrected chi connectivity index (χ4v) is 3.35. The van der Waals surface area contributed by atoms with Crippen LogP contribution in [0.5, 0.6) is 0 Å². The minimum absolute atomic E-state index is 0.132. The first-order valence-corrected chi connectivity index (χ1v) is 8.59. The lowest BCUT2D eigenvalue weighted by Gasteiger charge is -2.34. The van der Waals surface area contributed by atoms with Gasteiger partial charge in [0, 0.05) is 68.4 Å². The quantitative estimate of drug-likeness (QED) is 0.790. The Bertz CT molecular complexity index is 852. The van der Waals surface area contributed by atoms with E-state index in [0.29, 0.717) is 6.42 Å². The molecule has 1 aliphatic rings. The van der Waals surface area contributed by atoms with Gasteiger partial charge in [0.25, 0.3) is 0 Å². The molecule has 0 unspecified atom stereocenters. The number of carbonyl (C=O) groups is 1. The van der Waals surface area contributed by atoms with Crippen LogP contribution in [0.15, 0.2) is 49.1 Å². The lowest BCUT2D eigenvalue weighted by molar-refractivity contribution is -0.132. The monoisotopic (exact) mass is 335 g/mol. The number of amides is 1. The number of benzene rings is 1. The Labute approximate surface area is 146 Å². The molecule has 1 aromatic carbocycles. The average molecular weight is 335 g/mol. The molecule has 0 atom stereocenters. The first-order valence-electron chi connectivity index (χ1n) is 8.59. The Balaban J connectivity index is 1.33. The average Bonchev–Trinajstić information content (AvgIpc) is 3.06. The lowest BCUT2D eigenvalue weighted by atomic mass is 10.1. The van der Waals surface area contributed by atoms with Crippen LogP contribution < -0.4 is 0 Å². The fourth-order valence-electron chi connectivity index (χ4n) is 3.35.